The van der Waals surface area contributed by atoms with Crippen molar-refractivity contribution < 1.29 is 19.1 Å². The highest BCUT2D eigenvalue weighted by molar-refractivity contribution is 6.03. The summed E-state index contributed by atoms with van der Waals surface area (Å²) in [5.41, 5.74) is 0. The predicted molar refractivity (Wildman–Crippen MR) is 64.3 cm³/mol. The fraction of sp³-hybridized carbons (Fsp3) is 0.750. The second kappa shape index (κ2) is 6.49. The number of rotatable bonds is 6. The van der Waals surface area contributed by atoms with Crippen LogP contribution in [0, 0.1) is 5.92 Å². The van der Waals surface area contributed by atoms with E-state index in [1.54, 1.807) is 13.8 Å². The molecular weight excluding hydrogens is 236 g/mol. The molecule has 6 heteroatoms. The van der Waals surface area contributed by atoms with E-state index in [1.807, 2.05) is 6.92 Å². The summed E-state index contributed by atoms with van der Waals surface area (Å²) in [4.78, 5) is 35.8. The van der Waals surface area contributed by atoms with Crippen molar-refractivity contribution in [2.24, 2.45) is 5.92 Å². The van der Waals surface area contributed by atoms with Crippen molar-refractivity contribution in [1.82, 2.24) is 10.2 Å². The van der Waals surface area contributed by atoms with Gasteiger partial charge in [0.15, 0.2) is 0 Å². The van der Waals surface area contributed by atoms with Gasteiger partial charge in [0, 0.05) is 31.9 Å². The number of hydrogen-bond donors (Lipinski definition) is 1. The summed E-state index contributed by atoms with van der Waals surface area (Å²) >= 11 is 0. The highest BCUT2D eigenvalue weighted by atomic mass is 16.5. The quantitative estimate of drug-likeness (QED) is 0.546. The van der Waals surface area contributed by atoms with E-state index in [2.05, 4.69) is 5.32 Å². The van der Waals surface area contributed by atoms with Crippen molar-refractivity contribution in [3.8, 4) is 0 Å². The lowest BCUT2D eigenvalue weighted by Crippen LogP contribution is -2.38. The molecule has 0 aromatic rings. The lowest BCUT2D eigenvalue weighted by atomic mass is 10.1. The Morgan fingerprint density at radius 3 is 2.72 bits per heavy atom. The molecule has 2 atom stereocenters. The summed E-state index contributed by atoms with van der Waals surface area (Å²) in [6.07, 6.45) is 0.00337. The minimum atomic E-state index is -0.355. The lowest BCUT2D eigenvalue weighted by molar-refractivity contribution is -0.139. The van der Waals surface area contributed by atoms with Gasteiger partial charge in [0.05, 0.1) is 0 Å². The molecule has 2 unspecified atom stereocenters. The minimum Gasteiger partial charge on any atom is -0.359 e. The summed E-state index contributed by atoms with van der Waals surface area (Å²) in [6, 6.07) is 0. The molecule has 1 heterocycles. The molecule has 0 saturated carbocycles. The molecule has 0 radical (unpaired) electrons. The van der Waals surface area contributed by atoms with Crippen molar-refractivity contribution >= 4 is 17.7 Å². The minimum absolute atomic E-state index is 0.113. The normalized spacial score (nSPS) is 21.3. The maximum atomic E-state index is 11.6. The van der Waals surface area contributed by atoms with Crippen molar-refractivity contribution in [3.63, 3.8) is 0 Å². The van der Waals surface area contributed by atoms with Gasteiger partial charge in [-0.2, -0.15) is 0 Å². The Morgan fingerprint density at radius 2 is 2.22 bits per heavy atom. The average molecular weight is 256 g/mol. The first-order chi connectivity index (χ1) is 8.45. The van der Waals surface area contributed by atoms with E-state index in [9.17, 15) is 14.4 Å². The molecule has 1 aliphatic heterocycles. The summed E-state index contributed by atoms with van der Waals surface area (Å²) in [5.74, 6) is -0.872. The first-order valence-corrected chi connectivity index (χ1v) is 6.20. The second-order valence-corrected chi connectivity index (χ2v) is 4.40. The van der Waals surface area contributed by atoms with Crippen LogP contribution in [0.5, 0.6) is 0 Å². The Labute approximate surface area is 107 Å². The van der Waals surface area contributed by atoms with E-state index in [0.29, 0.717) is 6.61 Å². The number of ether oxygens (including phenoxy) is 1. The zero-order valence-corrected chi connectivity index (χ0v) is 11.1. The van der Waals surface area contributed by atoms with Crippen LogP contribution in [0.3, 0.4) is 0 Å². The summed E-state index contributed by atoms with van der Waals surface area (Å²) in [7, 11) is 0. The smallest absolute Gasteiger partial charge is 0.232 e. The molecule has 0 spiro atoms. The van der Waals surface area contributed by atoms with Gasteiger partial charge in [-0.15, -0.1) is 0 Å². The van der Waals surface area contributed by atoms with Crippen LogP contribution < -0.4 is 5.32 Å². The van der Waals surface area contributed by atoms with Gasteiger partial charge in [0.25, 0.3) is 0 Å². The van der Waals surface area contributed by atoms with Gasteiger partial charge in [-0.1, -0.05) is 6.92 Å². The predicted octanol–water partition coefficient (Wildman–Crippen LogP) is 0.270. The van der Waals surface area contributed by atoms with Gasteiger partial charge in [-0.3, -0.25) is 19.3 Å². The Balaban J connectivity index is 2.34. The molecule has 1 rings (SSSR count). The van der Waals surface area contributed by atoms with E-state index >= 15 is 0 Å². The monoisotopic (exact) mass is 256 g/mol. The number of carbonyl (C=O) groups excluding carboxylic acids is 3. The molecule has 0 aromatic carbocycles. The number of imide groups is 1. The molecule has 1 aliphatic rings. The molecule has 0 aliphatic carbocycles. The molecule has 1 N–H and O–H groups in total. The fourth-order valence-electron chi connectivity index (χ4n) is 1.89. The molecule has 6 nitrogen and oxygen atoms in total. The zero-order chi connectivity index (χ0) is 13.7. The van der Waals surface area contributed by atoms with E-state index < -0.39 is 0 Å². The number of carbonyl (C=O) groups is 3. The SMILES string of the molecule is CCOC(C)NC(=O)CCN1C(=O)CC(C)C1=O. The summed E-state index contributed by atoms with van der Waals surface area (Å²) in [5, 5.41) is 2.64. The first kappa shape index (κ1) is 14.6. The number of hydrogen-bond acceptors (Lipinski definition) is 4. The Hall–Kier alpha value is -1.43. The van der Waals surface area contributed by atoms with Crippen molar-refractivity contribution in [2.75, 3.05) is 13.2 Å². The molecular formula is C12H20N2O4. The van der Waals surface area contributed by atoms with Crippen LogP contribution in [0.1, 0.15) is 33.6 Å². The third-order valence-corrected chi connectivity index (χ3v) is 2.81. The summed E-state index contributed by atoms with van der Waals surface area (Å²) in [6.45, 7) is 5.95. The highest BCUT2D eigenvalue weighted by Crippen LogP contribution is 2.18. The summed E-state index contributed by atoms with van der Waals surface area (Å²) < 4.78 is 5.16. The van der Waals surface area contributed by atoms with E-state index in [4.69, 9.17) is 4.74 Å². The van der Waals surface area contributed by atoms with Crippen LogP contribution in [0.25, 0.3) is 0 Å². The molecule has 3 amide bonds. The maximum Gasteiger partial charge on any atom is 0.232 e. The number of nitrogens with one attached hydrogen (secondary N) is 1. The number of likely N-dealkylation sites (tertiary alicyclic amines) is 1. The molecule has 0 aromatic heterocycles. The van der Waals surface area contributed by atoms with E-state index in [1.165, 1.54) is 0 Å². The standard InChI is InChI=1S/C12H20N2O4/c1-4-18-9(3)13-10(15)5-6-14-11(16)7-8(2)12(14)17/h8-9H,4-7H2,1-3H3,(H,13,15). The Bertz CT molecular complexity index is 343. The van der Waals surface area contributed by atoms with Gasteiger partial charge >= 0.3 is 0 Å². The molecule has 1 fully saturated rings. The maximum absolute atomic E-state index is 11.6. The number of nitrogens with zero attached hydrogens (tertiary/aromatic N) is 1. The van der Waals surface area contributed by atoms with Gasteiger partial charge < -0.3 is 10.1 Å². The Morgan fingerprint density at radius 1 is 1.56 bits per heavy atom. The van der Waals surface area contributed by atoms with Gasteiger partial charge in [-0.25, -0.2) is 0 Å². The lowest BCUT2D eigenvalue weighted by Gasteiger charge is -2.16. The largest absolute Gasteiger partial charge is 0.359 e. The van der Waals surface area contributed by atoms with Crippen LogP contribution in [-0.2, 0) is 19.1 Å². The Kier molecular flexibility index (Phi) is 5.27. The molecule has 102 valence electrons. The van der Waals surface area contributed by atoms with Gasteiger partial charge in [0.1, 0.15) is 6.23 Å². The first-order valence-electron chi connectivity index (χ1n) is 6.20. The molecule has 1 saturated heterocycles. The van der Waals surface area contributed by atoms with Crippen LogP contribution in [-0.4, -0.2) is 42.0 Å². The topological polar surface area (TPSA) is 75.7 Å². The third-order valence-electron chi connectivity index (χ3n) is 2.81. The average Bonchev–Trinajstić information content (AvgIpc) is 2.51. The number of amides is 3. The van der Waals surface area contributed by atoms with E-state index in [-0.39, 0.29) is 49.3 Å². The van der Waals surface area contributed by atoms with Gasteiger partial charge in [-0.05, 0) is 13.8 Å². The van der Waals surface area contributed by atoms with Crippen molar-refractivity contribution in [2.45, 2.75) is 39.8 Å². The third kappa shape index (κ3) is 3.80. The van der Waals surface area contributed by atoms with Crippen molar-refractivity contribution in [3.05, 3.63) is 0 Å². The molecule has 18 heavy (non-hydrogen) atoms. The van der Waals surface area contributed by atoms with Crippen LogP contribution >= 0.6 is 0 Å². The van der Waals surface area contributed by atoms with Crippen molar-refractivity contribution in [1.29, 1.82) is 0 Å². The van der Waals surface area contributed by atoms with E-state index in [0.717, 1.165) is 4.90 Å². The van der Waals surface area contributed by atoms with Crippen LogP contribution in [0.2, 0.25) is 0 Å². The van der Waals surface area contributed by atoms with Gasteiger partial charge in [0.2, 0.25) is 17.7 Å². The zero-order valence-electron chi connectivity index (χ0n) is 11.1. The fourth-order valence-corrected chi connectivity index (χ4v) is 1.89. The van der Waals surface area contributed by atoms with Crippen LogP contribution in [0.4, 0.5) is 0 Å². The highest BCUT2D eigenvalue weighted by Gasteiger charge is 2.35. The molecule has 0 bridgehead atoms. The van der Waals surface area contributed by atoms with Crippen LogP contribution in [0.15, 0.2) is 0 Å². The second-order valence-electron chi connectivity index (χ2n) is 4.40.